The molecule has 7 nitrogen and oxygen atoms in total. The van der Waals surface area contributed by atoms with E-state index >= 15 is 0 Å². The highest BCUT2D eigenvalue weighted by Crippen LogP contribution is 2.25. The monoisotopic (exact) mass is 420 g/mol. The van der Waals surface area contributed by atoms with Crippen molar-refractivity contribution >= 4 is 23.4 Å². The van der Waals surface area contributed by atoms with Crippen LogP contribution in [0.25, 0.3) is 0 Å². The van der Waals surface area contributed by atoms with Gasteiger partial charge in [-0.05, 0) is 43.3 Å². The lowest BCUT2D eigenvalue weighted by atomic mass is 10.0. The molecule has 1 N–H and O–H groups in total. The van der Waals surface area contributed by atoms with Crippen LogP contribution in [0.15, 0.2) is 54.6 Å². The van der Waals surface area contributed by atoms with Gasteiger partial charge in [-0.25, -0.2) is 0 Å². The fourth-order valence-corrected chi connectivity index (χ4v) is 4.25. The van der Waals surface area contributed by atoms with Gasteiger partial charge in [-0.2, -0.15) is 0 Å². The zero-order valence-corrected chi connectivity index (χ0v) is 17.8. The molecule has 162 valence electrons. The fourth-order valence-electron chi connectivity index (χ4n) is 4.25. The first-order valence-electron chi connectivity index (χ1n) is 10.7. The Labute approximate surface area is 182 Å². The van der Waals surface area contributed by atoms with Gasteiger partial charge in [0.05, 0.1) is 12.6 Å². The Balaban J connectivity index is 1.37. The standard InChI is InChI=1S/C24H28N4O3/c1-26-14-15-28(21(17-26)18-6-3-2-4-7-18)23(30)16-25-24(31)19-9-11-20(12-10-19)27-13-5-8-22(27)29/h2-4,6-7,9-12,21H,5,8,13-17H2,1H3,(H,25,31)/t21-/m1/s1. The molecule has 2 aromatic carbocycles. The number of likely N-dealkylation sites (N-methyl/N-ethyl adjacent to an activating group) is 1. The van der Waals surface area contributed by atoms with E-state index in [1.807, 2.05) is 35.2 Å². The highest BCUT2D eigenvalue weighted by atomic mass is 16.2. The van der Waals surface area contributed by atoms with Gasteiger partial charge < -0.3 is 20.0 Å². The molecule has 0 aliphatic carbocycles. The summed E-state index contributed by atoms with van der Waals surface area (Å²) in [5.74, 6) is -0.268. The van der Waals surface area contributed by atoms with Crippen LogP contribution in [0.2, 0.25) is 0 Å². The van der Waals surface area contributed by atoms with E-state index in [2.05, 4.69) is 17.3 Å². The molecule has 0 saturated carbocycles. The second-order valence-corrected chi connectivity index (χ2v) is 8.15. The lowest BCUT2D eigenvalue weighted by Gasteiger charge is -2.40. The molecule has 0 unspecified atom stereocenters. The smallest absolute Gasteiger partial charge is 0.251 e. The summed E-state index contributed by atoms with van der Waals surface area (Å²) in [4.78, 5) is 43.2. The molecule has 0 radical (unpaired) electrons. The minimum Gasteiger partial charge on any atom is -0.343 e. The van der Waals surface area contributed by atoms with Crippen LogP contribution in [0.3, 0.4) is 0 Å². The molecule has 2 fully saturated rings. The number of carbonyl (C=O) groups is 3. The number of piperazine rings is 1. The molecular weight excluding hydrogens is 392 g/mol. The van der Waals surface area contributed by atoms with Crippen LogP contribution in [-0.4, -0.2) is 67.3 Å². The molecule has 3 amide bonds. The number of nitrogens with zero attached hydrogens (tertiary/aromatic N) is 3. The molecule has 0 spiro atoms. The molecule has 7 heteroatoms. The molecule has 0 aromatic heterocycles. The van der Waals surface area contributed by atoms with Gasteiger partial charge in [0.2, 0.25) is 11.8 Å². The van der Waals surface area contributed by atoms with Gasteiger partial charge in [-0.1, -0.05) is 30.3 Å². The van der Waals surface area contributed by atoms with Crippen LogP contribution in [0.5, 0.6) is 0 Å². The molecule has 4 rings (SSSR count). The summed E-state index contributed by atoms with van der Waals surface area (Å²) < 4.78 is 0. The number of benzene rings is 2. The summed E-state index contributed by atoms with van der Waals surface area (Å²) in [5.41, 5.74) is 2.38. The van der Waals surface area contributed by atoms with Gasteiger partial charge in [0.1, 0.15) is 0 Å². The van der Waals surface area contributed by atoms with Crippen molar-refractivity contribution in [3.8, 4) is 0 Å². The minimum atomic E-state index is -0.293. The van der Waals surface area contributed by atoms with Crippen molar-refractivity contribution in [3.05, 3.63) is 65.7 Å². The fraction of sp³-hybridized carbons (Fsp3) is 0.375. The lowest BCUT2D eigenvalue weighted by Crippen LogP contribution is -2.51. The largest absolute Gasteiger partial charge is 0.343 e. The van der Waals surface area contributed by atoms with Crippen LogP contribution >= 0.6 is 0 Å². The average Bonchev–Trinajstić information content (AvgIpc) is 3.23. The lowest BCUT2D eigenvalue weighted by molar-refractivity contribution is -0.135. The van der Waals surface area contributed by atoms with Crippen molar-refractivity contribution in [2.75, 3.05) is 44.7 Å². The molecule has 2 aliphatic rings. The van der Waals surface area contributed by atoms with Gasteiger partial charge in [0.15, 0.2) is 0 Å². The minimum absolute atomic E-state index is 0.0263. The maximum Gasteiger partial charge on any atom is 0.251 e. The zero-order chi connectivity index (χ0) is 21.8. The van der Waals surface area contributed by atoms with Gasteiger partial charge in [0, 0.05) is 43.9 Å². The van der Waals surface area contributed by atoms with Crippen LogP contribution in [0, 0.1) is 0 Å². The SMILES string of the molecule is CN1CCN(C(=O)CNC(=O)c2ccc(N3CCCC3=O)cc2)[C@@H](c2ccccc2)C1. The highest BCUT2D eigenvalue weighted by Gasteiger charge is 2.30. The van der Waals surface area contributed by atoms with Crippen LogP contribution in [0.1, 0.15) is 34.8 Å². The molecule has 2 saturated heterocycles. The summed E-state index contributed by atoms with van der Waals surface area (Å²) >= 11 is 0. The number of amides is 3. The van der Waals surface area contributed by atoms with E-state index in [0.29, 0.717) is 25.1 Å². The Morgan fingerprint density at radius 1 is 1.00 bits per heavy atom. The number of carbonyl (C=O) groups excluding carboxylic acids is 3. The van der Waals surface area contributed by atoms with E-state index in [0.717, 1.165) is 30.8 Å². The third-order valence-electron chi connectivity index (χ3n) is 6.00. The Kier molecular flexibility index (Phi) is 6.32. The molecule has 2 heterocycles. The van der Waals surface area contributed by atoms with Crippen molar-refractivity contribution in [1.29, 1.82) is 0 Å². The van der Waals surface area contributed by atoms with Gasteiger partial charge >= 0.3 is 0 Å². The van der Waals surface area contributed by atoms with Crippen molar-refractivity contribution in [2.45, 2.75) is 18.9 Å². The van der Waals surface area contributed by atoms with E-state index in [1.165, 1.54) is 0 Å². The van der Waals surface area contributed by atoms with Crippen molar-refractivity contribution in [3.63, 3.8) is 0 Å². The Morgan fingerprint density at radius 3 is 2.42 bits per heavy atom. The molecule has 0 bridgehead atoms. The van der Waals surface area contributed by atoms with E-state index in [9.17, 15) is 14.4 Å². The number of nitrogens with one attached hydrogen (secondary N) is 1. The molecular formula is C24H28N4O3. The van der Waals surface area contributed by atoms with Crippen molar-refractivity contribution in [1.82, 2.24) is 15.1 Å². The van der Waals surface area contributed by atoms with Crippen LogP contribution in [0.4, 0.5) is 5.69 Å². The average molecular weight is 421 g/mol. The molecule has 2 aliphatic heterocycles. The van der Waals surface area contributed by atoms with Gasteiger partial charge in [-0.3, -0.25) is 14.4 Å². The molecule has 2 aromatic rings. The first-order valence-corrected chi connectivity index (χ1v) is 10.7. The quantitative estimate of drug-likeness (QED) is 0.804. The molecule has 1 atom stereocenters. The van der Waals surface area contributed by atoms with Crippen molar-refractivity contribution < 1.29 is 14.4 Å². The summed E-state index contributed by atoms with van der Waals surface area (Å²) in [6, 6.07) is 16.9. The number of hydrogen-bond acceptors (Lipinski definition) is 4. The third-order valence-corrected chi connectivity index (χ3v) is 6.00. The predicted octanol–water partition coefficient (Wildman–Crippen LogP) is 2.06. The summed E-state index contributed by atoms with van der Waals surface area (Å²) in [5, 5.41) is 2.75. The summed E-state index contributed by atoms with van der Waals surface area (Å²) in [6.07, 6.45) is 1.43. The van der Waals surface area contributed by atoms with Crippen LogP contribution < -0.4 is 10.2 Å². The third kappa shape index (κ3) is 4.77. The second-order valence-electron chi connectivity index (χ2n) is 8.15. The second kappa shape index (κ2) is 9.31. The van der Waals surface area contributed by atoms with E-state index < -0.39 is 0 Å². The van der Waals surface area contributed by atoms with Crippen LogP contribution in [-0.2, 0) is 9.59 Å². The number of hydrogen-bond donors (Lipinski definition) is 1. The first kappa shape index (κ1) is 21.1. The first-order chi connectivity index (χ1) is 15.0. The maximum atomic E-state index is 12.9. The zero-order valence-electron chi connectivity index (χ0n) is 17.8. The molecule has 31 heavy (non-hydrogen) atoms. The Morgan fingerprint density at radius 2 is 1.74 bits per heavy atom. The number of anilines is 1. The van der Waals surface area contributed by atoms with Crippen molar-refractivity contribution in [2.24, 2.45) is 0 Å². The Hall–Kier alpha value is -3.19. The Bertz CT molecular complexity index is 945. The topological polar surface area (TPSA) is 73.0 Å². The van der Waals surface area contributed by atoms with Gasteiger partial charge in [0.25, 0.3) is 5.91 Å². The summed E-state index contributed by atoms with van der Waals surface area (Å²) in [6.45, 7) is 2.87. The maximum absolute atomic E-state index is 12.9. The highest BCUT2D eigenvalue weighted by molar-refractivity contribution is 5.98. The predicted molar refractivity (Wildman–Crippen MR) is 119 cm³/mol. The number of rotatable bonds is 5. The van der Waals surface area contributed by atoms with Gasteiger partial charge in [-0.15, -0.1) is 0 Å². The van der Waals surface area contributed by atoms with E-state index in [-0.39, 0.29) is 30.3 Å². The van der Waals surface area contributed by atoms with E-state index in [1.54, 1.807) is 29.2 Å². The van der Waals surface area contributed by atoms with E-state index in [4.69, 9.17) is 0 Å². The summed E-state index contributed by atoms with van der Waals surface area (Å²) in [7, 11) is 2.05. The normalized spacial score (nSPS) is 19.5.